The summed E-state index contributed by atoms with van der Waals surface area (Å²) in [5, 5.41) is 18.1. The molecule has 0 spiro atoms. The molecule has 246 valence electrons. The van der Waals surface area contributed by atoms with E-state index < -0.39 is 6.17 Å². The fourth-order valence-corrected chi connectivity index (χ4v) is 6.76. The molecule has 0 bridgehead atoms. The van der Waals surface area contributed by atoms with Crippen LogP contribution in [0.3, 0.4) is 0 Å². The first-order chi connectivity index (χ1) is 22.1. The minimum absolute atomic E-state index is 0.243. The predicted molar refractivity (Wildman–Crippen MR) is 184 cm³/mol. The van der Waals surface area contributed by atoms with E-state index in [-0.39, 0.29) is 18.1 Å². The first kappa shape index (κ1) is 31.8. The molecule has 6 rings (SSSR count). The number of aromatic nitrogens is 6. The summed E-state index contributed by atoms with van der Waals surface area (Å²) in [6.45, 7) is 12.0. The molecule has 13 nitrogen and oxygen atoms in total. The molecular weight excluding hydrogens is 585 g/mol. The number of fused-ring (bicyclic) bond motifs is 2. The predicted octanol–water partition coefficient (Wildman–Crippen LogP) is 3.81. The van der Waals surface area contributed by atoms with Gasteiger partial charge in [0.25, 0.3) is 0 Å². The van der Waals surface area contributed by atoms with Crippen LogP contribution in [0.4, 0.5) is 33.7 Å². The summed E-state index contributed by atoms with van der Waals surface area (Å²) in [4.78, 5) is 32.8. The smallest absolute Gasteiger partial charge is 0.227 e. The highest BCUT2D eigenvalue weighted by Gasteiger charge is 2.36. The average molecular weight is 632 g/mol. The maximum atomic E-state index is 15.3. The van der Waals surface area contributed by atoms with Crippen LogP contribution in [0.2, 0.25) is 0 Å². The fourth-order valence-electron chi connectivity index (χ4n) is 6.76. The molecule has 14 heteroatoms. The van der Waals surface area contributed by atoms with Crippen LogP contribution in [0.15, 0.2) is 12.1 Å². The SMILES string of the molecule is CNc1cc(C)c2c(NC)nc(NC3CCN(CCC(C)N4CC(F)C(Nc5nc(NC)c6c(C)cc(C)nc6n5)C4)C3)nc2n1. The topological polar surface area (TPSA) is 144 Å². The van der Waals surface area contributed by atoms with E-state index in [0.717, 1.165) is 71.7 Å². The Morgan fingerprint density at radius 1 is 0.804 bits per heavy atom. The second-order valence-corrected chi connectivity index (χ2v) is 12.6. The Balaban J connectivity index is 1.03. The lowest BCUT2D eigenvalue weighted by Gasteiger charge is -2.26. The number of halogens is 1. The molecule has 0 aliphatic carbocycles. The van der Waals surface area contributed by atoms with E-state index >= 15 is 4.39 Å². The van der Waals surface area contributed by atoms with E-state index in [2.05, 4.69) is 63.2 Å². The Morgan fingerprint density at radius 2 is 1.46 bits per heavy atom. The van der Waals surface area contributed by atoms with Crippen molar-refractivity contribution in [3.8, 4) is 0 Å². The van der Waals surface area contributed by atoms with Gasteiger partial charge in [0.1, 0.15) is 23.6 Å². The molecule has 4 atom stereocenters. The average Bonchev–Trinajstić information content (AvgIpc) is 3.63. The van der Waals surface area contributed by atoms with Crippen molar-refractivity contribution in [3.63, 3.8) is 0 Å². The Bertz CT molecular complexity index is 1720. The number of hydrogen-bond donors (Lipinski definition) is 5. The van der Waals surface area contributed by atoms with Crippen LogP contribution in [-0.4, -0.2) is 118 Å². The van der Waals surface area contributed by atoms with E-state index in [9.17, 15) is 0 Å². The summed E-state index contributed by atoms with van der Waals surface area (Å²) < 4.78 is 15.3. The second kappa shape index (κ2) is 13.3. The minimum Gasteiger partial charge on any atom is -0.373 e. The number of likely N-dealkylation sites (tertiary alicyclic amines) is 2. The zero-order valence-electron chi connectivity index (χ0n) is 27.9. The van der Waals surface area contributed by atoms with Gasteiger partial charge in [-0.05, 0) is 70.3 Å². The first-order valence-electron chi connectivity index (χ1n) is 16.2. The third-order valence-corrected chi connectivity index (χ3v) is 9.27. The normalized spacial score (nSPS) is 21.2. The third-order valence-electron chi connectivity index (χ3n) is 9.27. The molecule has 0 saturated carbocycles. The Kier molecular flexibility index (Phi) is 9.18. The van der Waals surface area contributed by atoms with E-state index in [4.69, 9.17) is 9.97 Å². The number of hydrogen-bond acceptors (Lipinski definition) is 13. The van der Waals surface area contributed by atoms with E-state index in [0.29, 0.717) is 42.1 Å². The number of pyridine rings is 2. The summed E-state index contributed by atoms with van der Waals surface area (Å²) in [6.07, 6.45) is 0.945. The van der Waals surface area contributed by atoms with Crippen molar-refractivity contribution in [1.82, 2.24) is 39.7 Å². The largest absolute Gasteiger partial charge is 0.373 e. The Morgan fingerprint density at radius 3 is 2.13 bits per heavy atom. The monoisotopic (exact) mass is 631 g/mol. The van der Waals surface area contributed by atoms with Gasteiger partial charge in [-0.1, -0.05) is 0 Å². The van der Waals surface area contributed by atoms with Crippen LogP contribution < -0.4 is 26.6 Å². The molecular formula is C32H46FN13. The number of rotatable bonds is 11. The van der Waals surface area contributed by atoms with Gasteiger partial charge in [-0.3, -0.25) is 4.90 Å². The van der Waals surface area contributed by atoms with Crippen molar-refractivity contribution < 1.29 is 4.39 Å². The summed E-state index contributed by atoms with van der Waals surface area (Å²) in [5.41, 5.74) is 4.29. The number of nitrogens with one attached hydrogen (secondary N) is 5. The van der Waals surface area contributed by atoms with Crippen LogP contribution in [0.1, 0.15) is 36.6 Å². The highest BCUT2D eigenvalue weighted by atomic mass is 19.1. The molecule has 4 aromatic rings. The van der Waals surface area contributed by atoms with Crippen molar-refractivity contribution in [2.24, 2.45) is 0 Å². The van der Waals surface area contributed by atoms with Crippen LogP contribution in [0.5, 0.6) is 0 Å². The Labute approximate surface area is 269 Å². The number of nitrogens with zero attached hydrogens (tertiary/aromatic N) is 8. The highest BCUT2D eigenvalue weighted by molar-refractivity contribution is 5.92. The van der Waals surface area contributed by atoms with Gasteiger partial charge in [0.15, 0.2) is 11.3 Å². The number of alkyl halides is 1. The van der Waals surface area contributed by atoms with Crippen LogP contribution in [0.25, 0.3) is 22.1 Å². The highest BCUT2D eigenvalue weighted by Crippen LogP contribution is 2.28. The number of aryl methyl sites for hydroxylation is 3. The lowest BCUT2D eigenvalue weighted by atomic mass is 10.1. The van der Waals surface area contributed by atoms with Crippen LogP contribution in [-0.2, 0) is 0 Å². The van der Waals surface area contributed by atoms with Crippen molar-refractivity contribution in [3.05, 3.63) is 29.0 Å². The van der Waals surface area contributed by atoms with Crippen molar-refractivity contribution >= 4 is 51.4 Å². The van der Waals surface area contributed by atoms with Gasteiger partial charge in [0.05, 0.1) is 16.8 Å². The van der Waals surface area contributed by atoms with Crippen molar-refractivity contribution in [1.29, 1.82) is 0 Å². The van der Waals surface area contributed by atoms with Gasteiger partial charge in [0, 0.05) is 65.1 Å². The lowest BCUT2D eigenvalue weighted by Crippen LogP contribution is -2.36. The molecule has 2 aliphatic rings. The summed E-state index contributed by atoms with van der Waals surface area (Å²) >= 11 is 0. The molecule has 0 amide bonds. The van der Waals surface area contributed by atoms with E-state index in [1.54, 1.807) is 0 Å². The van der Waals surface area contributed by atoms with Crippen molar-refractivity contribution in [2.75, 3.05) is 80.5 Å². The summed E-state index contributed by atoms with van der Waals surface area (Å²) in [5.74, 6) is 3.23. The van der Waals surface area contributed by atoms with Gasteiger partial charge in [-0.25, -0.2) is 14.4 Å². The molecule has 0 aromatic carbocycles. The second-order valence-electron chi connectivity index (χ2n) is 12.6. The molecule has 2 fully saturated rings. The van der Waals surface area contributed by atoms with Gasteiger partial charge in [0.2, 0.25) is 11.9 Å². The molecule has 0 radical (unpaired) electrons. The van der Waals surface area contributed by atoms with E-state index in [1.165, 1.54) is 0 Å². The van der Waals surface area contributed by atoms with Crippen molar-refractivity contribution in [2.45, 2.75) is 64.8 Å². The number of anilines is 5. The molecule has 2 aliphatic heterocycles. The van der Waals surface area contributed by atoms with E-state index in [1.807, 2.05) is 54.0 Å². The lowest BCUT2D eigenvalue weighted by molar-refractivity contribution is 0.202. The summed E-state index contributed by atoms with van der Waals surface area (Å²) in [7, 11) is 5.56. The third kappa shape index (κ3) is 6.54. The fraction of sp³-hybridized carbons (Fsp3) is 0.562. The molecule has 5 N–H and O–H groups in total. The van der Waals surface area contributed by atoms with Crippen LogP contribution >= 0.6 is 0 Å². The van der Waals surface area contributed by atoms with Gasteiger partial charge >= 0.3 is 0 Å². The standard InChI is InChI=1S/C32H46FN13/c1-17-12-19(3)37-29-25(17)27(35-6)42-32(43-29)39-23-16-46(15-22(23)33)20(4)8-10-45-11-9-21(14-45)38-31-41-28(36-7)26-18(2)13-24(34-5)40-30(26)44-31/h12-13,20-23H,8-11,14-16H2,1-7H3,(H2,35,37,39,42,43)(H3,34,36,38,40,41,44). The zero-order chi connectivity index (χ0) is 32.5. The molecule has 4 aromatic heterocycles. The van der Waals surface area contributed by atoms with Gasteiger partial charge in [-0.2, -0.15) is 19.9 Å². The molecule has 6 heterocycles. The maximum Gasteiger partial charge on any atom is 0.227 e. The zero-order valence-corrected chi connectivity index (χ0v) is 27.9. The maximum absolute atomic E-state index is 15.3. The Hall–Kier alpha value is -4.17. The molecule has 2 saturated heterocycles. The van der Waals surface area contributed by atoms with Gasteiger partial charge < -0.3 is 31.5 Å². The first-order valence-corrected chi connectivity index (χ1v) is 16.2. The molecule has 4 unspecified atom stereocenters. The minimum atomic E-state index is -1.01. The van der Waals surface area contributed by atoms with Gasteiger partial charge in [-0.15, -0.1) is 0 Å². The quantitative estimate of drug-likeness (QED) is 0.164. The summed E-state index contributed by atoms with van der Waals surface area (Å²) in [6, 6.07) is 4.12. The molecule has 46 heavy (non-hydrogen) atoms. The van der Waals surface area contributed by atoms with Crippen LogP contribution in [0, 0.1) is 20.8 Å².